The Kier molecular flexibility index (Phi) is 16.4. The van der Waals surface area contributed by atoms with Crippen molar-refractivity contribution in [3.8, 4) is 5.75 Å². The normalized spacial score (nSPS) is 14.6. The van der Waals surface area contributed by atoms with Gasteiger partial charge < -0.3 is 39.3 Å². The summed E-state index contributed by atoms with van der Waals surface area (Å²) in [5.41, 5.74) is 3.40. The summed E-state index contributed by atoms with van der Waals surface area (Å²) < 4.78 is 22.0. The van der Waals surface area contributed by atoms with E-state index in [1.165, 1.54) is 27.7 Å². The zero-order valence-electron chi connectivity index (χ0n) is 29.7. The molecule has 0 atom stereocenters. The third kappa shape index (κ3) is 14.2. The van der Waals surface area contributed by atoms with Crippen LogP contribution in [0.15, 0.2) is 17.2 Å². The molecule has 1 saturated heterocycles. The van der Waals surface area contributed by atoms with Gasteiger partial charge in [0.25, 0.3) is 0 Å². The summed E-state index contributed by atoms with van der Waals surface area (Å²) in [6, 6.07) is 3.88. The van der Waals surface area contributed by atoms with Gasteiger partial charge in [-0.3, -0.25) is 19.3 Å². The second kappa shape index (κ2) is 19.7. The molecule has 0 aliphatic carbocycles. The molecule has 1 aromatic carbocycles. The first kappa shape index (κ1) is 40.0. The van der Waals surface area contributed by atoms with Gasteiger partial charge in [-0.2, -0.15) is 0 Å². The van der Waals surface area contributed by atoms with Gasteiger partial charge in [-0.1, -0.05) is 20.8 Å². The molecule has 1 aliphatic rings. The van der Waals surface area contributed by atoms with Crippen molar-refractivity contribution in [2.75, 3.05) is 92.2 Å². The second-order valence-corrected chi connectivity index (χ2v) is 16.2. The molecule has 2 heterocycles. The minimum absolute atomic E-state index is 0.0196. The van der Waals surface area contributed by atoms with Gasteiger partial charge in [0.1, 0.15) is 23.7 Å². The van der Waals surface area contributed by atoms with Crippen LogP contribution in [0, 0.1) is 5.41 Å². The van der Waals surface area contributed by atoms with Crippen molar-refractivity contribution in [1.29, 1.82) is 0 Å². The molecule has 3 rings (SSSR count). The molecule has 48 heavy (non-hydrogen) atoms. The summed E-state index contributed by atoms with van der Waals surface area (Å²) in [6.07, 6.45) is 0.952. The maximum atomic E-state index is 12.8. The summed E-state index contributed by atoms with van der Waals surface area (Å²) in [5.74, 6) is 4.80. The number of nitrogens with two attached hydrogens (primary N) is 1. The van der Waals surface area contributed by atoms with Crippen LogP contribution in [0.25, 0.3) is 10.9 Å². The zero-order chi connectivity index (χ0) is 35.2. The van der Waals surface area contributed by atoms with Gasteiger partial charge in [0, 0.05) is 67.5 Å². The van der Waals surface area contributed by atoms with Crippen LogP contribution >= 0.6 is 0 Å². The molecule has 2 aromatic rings. The van der Waals surface area contributed by atoms with Crippen molar-refractivity contribution >= 4 is 34.5 Å². The maximum absolute atomic E-state index is 12.8. The van der Waals surface area contributed by atoms with Gasteiger partial charge in [-0.15, -0.1) is 0 Å². The fourth-order valence-corrected chi connectivity index (χ4v) is 6.50. The number of fused-ring (bicyclic) bond motifs is 1. The predicted molar refractivity (Wildman–Crippen MR) is 188 cm³/mol. The van der Waals surface area contributed by atoms with Crippen LogP contribution in [-0.4, -0.2) is 129 Å². The minimum atomic E-state index is -0.295. The first-order valence-electron chi connectivity index (χ1n) is 16.7. The van der Waals surface area contributed by atoms with Crippen molar-refractivity contribution in [1.82, 2.24) is 20.1 Å². The third-order valence-electron chi connectivity index (χ3n) is 7.53. The summed E-state index contributed by atoms with van der Waals surface area (Å²) in [6.45, 7) is 19.7. The first-order chi connectivity index (χ1) is 22.8. The van der Waals surface area contributed by atoms with Crippen molar-refractivity contribution in [3.05, 3.63) is 23.3 Å². The number of nitrogens with one attached hydrogen (secondary N) is 2. The number of piperazine rings is 1. The van der Waals surface area contributed by atoms with Crippen LogP contribution in [0.5, 0.6) is 5.75 Å². The Morgan fingerprint density at radius 2 is 1.48 bits per heavy atom. The number of H-pyrrole nitrogens is 1. The molecule has 14 heteroatoms. The summed E-state index contributed by atoms with van der Waals surface area (Å²) >= 11 is 1.24. The smallest absolute Gasteiger partial charge is 0.248 e. The van der Waals surface area contributed by atoms with Crippen molar-refractivity contribution in [2.24, 2.45) is 11.3 Å². The van der Waals surface area contributed by atoms with Gasteiger partial charge >= 0.3 is 0 Å². The number of phenolic OH excluding ortho intramolecular Hbond substituents is 1. The molecule has 0 bridgehead atoms. The number of carbonyl (C=O) groups is 2. The molecule has 1 aromatic heterocycles. The van der Waals surface area contributed by atoms with E-state index in [1.54, 1.807) is 0 Å². The Morgan fingerprint density at radius 1 is 0.875 bits per heavy atom. The topological polar surface area (TPSA) is 161 Å². The van der Waals surface area contributed by atoms with Gasteiger partial charge in [0.2, 0.25) is 16.8 Å². The Balaban J connectivity index is 1.33. The Bertz CT molecular complexity index is 1290. The molecule has 1 fully saturated rings. The fourth-order valence-electron chi connectivity index (χ4n) is 5.33. The van der Waals surface area contributed by atoms with Crippen LogP contribution in [0.1, 0.15) is 52.7 Å². The quantitative estimate of drug-likeness (QED) is 0.0699. The molecule has 1 aliphatic heterocycles. The number of phenols is 1. The van der Waals surface area contributed by atoms with Gasteiger partial charge in [-0.25, -0.2) is 5.90 Å². The number of benzene rings is 1. The molecular weight excluding hydrogens is 638 g/mol. The Morgan fingerprint density at radius 3 is 2.06 bits per heavy atom. The van der Waals surface area contributed by atoms with Crippen LogP contribution in [0.4, 0.5) is 0 Å². The highest BCUT2D eigenvalue weighted by Gasteiger charge is 2.31. The SMILES string of the molecule is CC(C)(C)Cc1c([SH+]C(C)(C)C)[nH]c2c(CN3CCN(C(=O)COCCOCCOCCOCCNC(=O)CON)CC3)c(O)ccc12. The minimum Gasteiger partial charge on any atom is -0.508 e. The van der Waals surface area contributed by atoms with Crippen molar-refractivity contribution < 1.29 is 38.5 Å². The molecule has 5 N–H and O–H groups in total. The molecule has 272 valence electrons. The van der Waals surface area contributed by atoms with E-state index in [9.17, 15) is 14.7 Å². The highest BCUT2D eigenvalue weighted by molar-refractivity contribution is 7.80. The average molecular weight is 697 g/mol. The van der Waals surface area contributed by atoms with Crippen LogP contribution in [0.2, 0.25) is 0 Å². The molecule has 13 nitrogen and oxygen atoms in total. The van der Waals surface area contributed by atoms with E-state index in [0.717, 1.165) is 30.6 Å². The molecule has 0 radical (unpaired) electrons. The van der Waals surface area contributed by atoms with Crippen molar-refractivity contribution in [3.63, 3.8) is 0 Å². The Hall–Kier alpha value is -2.43. The number of ether oxygens (including phenoxy) is 4. The number of nitrogens with zero attached hydrogens (tertiary/aromatic N) is 2. The van der Waals surface area contributed by atoms with Crippen LogP contribution in [-0.2, 0) is 58.1 Å². The van der Waals surface area contributed by atoms with E-state index in [-0.39, 0.29) is 35.2 Å². The summed E-state index contributed by atoms with van der Waals surface area (Å²) in [5, 5.41) is 16.0. The van der Waals surface area contributed by atoms with Gasteiger partial charge in [-0.05, 0) is 44.7 Å². The highest BCUT2D eigenvalue weighted by atomic mass is 32.2. The fraction of sp³-hybridized carbons (Fsp3) is 0.706. The monoisotopic (exact) mass is 696 g/mol. The zero-order valence-corrected chi connectivity index (χ0v) is 30.6. The lowest BCUT2D eigenvalue weighted by Gasteiger charge is -2.34. The molecule has 0 unspecified atom stereocenters. The predicted octanol–water partition coefficient (Wildman–Crippen LogP) is 2.15. The number of thiol groups is 1. The largest absolute Gasteiger partial charge is 0.508 e. The lowest BCUT2D eigenvalue weighted by atomic mass is 9.88. The third-order valence-corrected chi connectivity index (χ3v) is 8.80. The van der Waals surface area contributed by atoms with E-state index in [2.05, 4.69) is 67.6 Å². The standard InChI is InChI=1S/C34H57N5O8S/c1-33(2,3)21-26-25-7-8-28(40)27(31(25)37-32(26)48-34(4,5)6)22-38-10-12-39(13-11-38)30(42)24-46-20-19-45-18-17-44-16-15-43-14-9-36-29(41)23-47-35/h7-8,37,40H,9-24,35H2,1-6H3,(H,36,41)/p+1. The lowest BCUT2D eigenvalue weighted by Crippen LogP contribution is -2.49. The molecule has 0 saturated carbocycles. The van der Waals surface area contributed by atoms with Gasteiger partial charge in [0.05, 0.1) is 51.8 Å². The molecule has 0 spiro atoms. The van der Waals surface area contributed by atoms with E-state index in [1.807, 2.05) is 11.0 Å². The average Bonchev–Trinajstić information content (AvgIpc) is 3.33. The Labute approximate surface area is 289 Å². The number of aromatic nitrogens is 1. The first-order valence-corrected chi connectivity index (χ1v) is 17.6. The number of aromatic hydroxyl groups is 1. The summed E-state index contributed by atoms with van der Waals surface area (Å²) in [7, 11) is 0. The number of aromatic amines is 1. The van der Waals surface area contributed by atoms with Crippen LogP contribution < -0.4 is 11.2 Å². The molecule has 2 amide bonds. The number of rotatable bonds is 20. The van der Waals surface area contributed by atoms with E-state index in [4.69, 9.17) is 24.8 Å². The van der Waals surface area contributed by atoms with E-state index in [0.29, 0.717) is 78.2 Å². The number of hydrogen-bond donors (Lipinski definition) is 4. The maximum Gasteiger partial charge on any atom is 0.248 e. The van der Waals surface area contributed by atoms with Crippen molar-refractivity contribution in [2.45, 2.75) is 64.3 Å². The highest BCUT2D eigenvalue weighted by Crippen LogP contribution is 2.37. The number of hydrogen-bond acceptors (Lipinski definition) is 10. The summed E-state index contributed by atoms with van der Waals surface area (Å²) in [4.78, 5) is 36.0. The second-order valence-electron chi connectivity index (χ2n) is 14.2. The van der Waals surface area contributed by atoms with Crippen LogP contribution in [0.3, 0.4) is 0 Å². The van der Waals surface area contributed by atoms with E-state index >= 15 is 0 Å². The number of amides is 2. The van der Waals surface area contributed by atoms with Gasteiger partial charge in [0.15, 0.2) is 0 Å². The number of carbonyl (C=O) groups excluding carboxylic acids is 2. The molecular formula is C34H58N5O8S+. The lowest BCUT2D eigenvalue weighted by molar-refractivity contribution is -0.138. The van der Waals surface area contributed by atoms with E-state index < -0.39 is 0 Å².